The summed E-state index contributed by atoms with van der Waals surface area (Å²) in [5, 5.41) is 12.8. The summed E-state index contributed by atoms with van der Waals surface area (Å²) in [5.74, 6) is 0.724. The Morgan fingerprint density at radius 1 is 1.02 bits per heavy atom. The molecule has 1 aliphatic rings. The number of esters is 1. The van der Waals surface area contributed by atoms with Gasteiger partial charge < -0.3 is 33.5 Å². The van der Waals surface area contributed by atoms with Gasteiger partial charge in [-0.25, -0.2) is 0 Å². The third-order valence-electron chi connectivity index (χ3n) is 7.02. The normalized spacial score (nSPS) is 13.7. The van der Waals surface area contributed by atoms with E-state index in [4.69, 9.17) is 42.1 Å². The van der Waals surface area contributed by atoms with E-state index in [1.807, 2.05) is 6.07 Å². The van der Waals surface area contributed by atoms with Crippen molar-refractivity contribution in [2.45, 2.75) is 38.5 Å². The maximum Gasteiger partial charge on any atom is 0.387 e. The molecule has 0 amide bonds. The van der Waals surface area contributed by atoms with Crippen LogP contribution in [0.2, 0.25) is 10.0 Å². The number of carbonyl (C=O) groups is 1. The molecule has 1 aliphatic carbocycles. The monoisotopic (exact) mass is 636 g/mol. The second kappa shape index (κ2) is 13.1. The highest BCUT2D eigenvalue weighted by Gasteiger charge is 2.26. The van der Waals surface area contributed by atoms with Gasteiger partial charge in [-0.2, -0.15) is 13.5 Å². The summed E-state index contributed by atoms with van der Waals surface area (Å²) in [6.45, 7) is -2.88. The van der Waals surface area contributed by atoms with E-state index < -0.39 is 18.7 Å². The van der Waals surface area contributed by atoms with Crippen molar-refractivity contribution in [2.75, 3.05) is 20.8 Å². The van der Waals surface area contributed by atoms with Crippen LogP contribution in [0.4, 0.5) is 8.78 Å². The van der Waals surface area contributed by atoms with Crippen molar-refractivity contribution in [3.8, 4) is 23.0 Å². The summed E-state index contributed by atoms with van der Waals surface area (Å²) in [6, 6.07) is 9.72. The maximum atomic E-state index is 13.4. The molecule has 1 saturated carbocycles. The summed E-state index contributed by atoms with van der Waals surface area (Å²) in [4.78, 5) is 13.4. The largest absolute Gasteiger partial charge is 0.619 e. The van der Waals surface area contributed by atoms with Crippen LogP contribution in [0, 0.1) is 11.1 Å². The average molecular weight is 637 g/mol. The third-order valence-corrected chi connectivity index (χ3v) is 7.68. The van der Waals surface area contributed by atoms with Crippen LogP contribution in [0.25, 0.3) is 10.9 Å². The molecule has 4 aromatic rings. The van der Waals surface area contributed by atoms with Crippen LogP contribution in [-0.2, 0) is 22.5 Å². The Bertz CT molecular complexity index is 1600. The molecule has 1 atom stereocenters. The zero-order valence-electron chi connectivity index (χ0n) is 23.2. The van der Waals surface area contributed by atoms with Gasteiger partial charge in [-0.1, -0.05) is 29.3 Å². The number of rotatable bonds is 13. The van der Waals surface area contributed by atoms with E-state index in [0.717, 1.165) is 30.6 Å². The molecule has 2 aromatic carbocycles. The van der Waals surface area contributed by atoms with E-state index in [1.165, 1.54) is 32.4 Å². The van der Waals surface area contributed by atoms with Crippen LogP contribution in [0.15, 0.2) is 55.0 Å². The Labute approximate surface area is 255 Å². The van der Waals surface area contributed by atoms with E-state index in [9.17, 15) is 18.8 Å². The molecule has 0 spiro atoms. The Morgan fingerprint density at radius 2 is 1.72 bits per heavy atom. The number of alkyl halides is 2. The molecule has 228 valence electrons. The SMILES string of the molecule is COc1cc2ccn(CC(=O)OC(Cc3c(Cl)c[n+]([O-])cc3Cl)c3ccc(OC(F)F)c(OCC4CC4)c3)c2cc1OC. The number of benzene rings is 2. The van der Waals surface area contributed by atoms with Gasteiger partial charge in [0.2, 0.25) is 0 Å². The molecular weight excluding hydrogens is 609 g/mol. The maximum absolute atomic E-state index is 13.4. The molecule has 13 heteroatoms. The van der Waals surface area contributed by atoms with Crippen molar-refractivity contribution in [2.24, 2.45) is 5.92 Å². The lowest BCUT2D eigenvalue weighted by Gasteiger charge is -2.22. The predicted octanol–water partition coefficient (Wildman–Crippen LogP) is 6.52. The Morgan fingerprint density at radius 3 is 2.37 bits per heavy atom. The van der Waals surface area contributed by atoms with Gasteiger partial charge >= 0.3 is 12.6 Å². The minimum absolute atomic E-state index is 0.0151. The molecule has 0 aliphatic heterocycles. The summed E-state index contributed by atoms with van der Waals surface area (Å²) in [7, 11) is 3.05. The Kier molecular flexibility index (Phi) is 9.31. The molecule has 0 radical (unpaired) electrons. The molecule has 2 aromatic heterocycles. The number of methoxy groups -OCH3 is 2. The smallest absolute Gasteiger partial charge is 0.387 e. The van der Waals surface area contributed by atoms with Gasteiger partial charge in [0.25, 0.3) is 0 Å². The number of halogens is 4. The topological polar surface area (TPSA) is 95.1 Å². The fourth-order valence-corrected chi connectivity index (χ4v) is 5.25. The second-order valence-electron chi connectivity index (χ2n) is 10.0. The van der Waals surface area contributed by atoms with Gasteiger partial charge in [0.15, 0.2) is 35.4 Å². The standard InChI is InChI=1S/C30H28Cl2F2N2O7/c1-39-26-9-18-7-8-35(23(18)12-27(26)40-2)15-29(37)42-25(11-20-21(31)13-36(38)14-22(20)32)19-5-6-24(43-30(33)34)28(10-19)41-16-17-3-4-17/h5-10,12-14,17,25,30H,3-4,11,15-16H2,1-2H3. The second-order valence-corrected chi connectivity index (χ2v) is 10.8. The van der Waals surface area contributed by atoms with Gasteiger partial charge in [0.05, 0.1) is 26.3 Å². The lowest BCUT2D eigenvalue weighted by atomic mass is 10.0. The van der Waals surface area contributed by atoms with E-state index >= 15 is 0 Å². The summed E-state index contributed by atoms with van der Waals surface area (Å²) in [6.07, 6.45) is 4.99. The molecule has 43 heavy (non-hydrogen) atoms. The number of fused-ring (bicyclic) bond motifs is 1. The van der Waals surface area contributed by atoms with Gasteiger partial charge in [0, 0.05) is 29.6 Å². The lowest BCUT2D eigenvalue weighted by Crippen LogP contribution is -2.26. The molecule has 2 heterocycles. The van der Waals surface area contributed by atoms with Gasteiger partial charge in [-0.15, -0.1) is 0 Å². The first kappa shape index (κ1) is 30.5. The summed E-state index contributed by atoms with van der Waals surface area (Å²) in [5.41, 5.74) is 1.50. The van der Waals surface area contributed by atoms with Gasteiger partial charge in [-0.05, 0) is 48.6 Å². The van der Waals surface area contributed by atoms with E-state index in [-0.39, 0.29) is 34.5 Å². The van der Waals surface area contributed by atoms with E-state index in [1.54, 1.807) is 22.9 Å². The number of hydrogen-bond donors (Lipinski definition) is 0. The van der Waals surface area contributed by atoms with Crippen molar-refractivity contribution < 1.29 is 42.0 Å². The fraction of sp³-hybridized carbons (Fsp3) is 0.333. The number of hydrogen-bond acceptors (Lipinski definition) is 7. The fourth-order valence-electron chi connectivity index (χ4n) is 4.65. The Balaban J connectivity index is 1.46. The molecule has 1 unspecified atom stereocenters. The molecule has 9 nitrogen and oxygen atoms in total. The third kappa shape index (κ3) is 7.34. The average Bonchev–Trinajstić information content (AvgIpc) is 3.72. The number of nitrogens with zero attached hydrogens (tertiary/aromatic N) is 2. The van der Waals surface area contributed by atoms with E-state index in [2.05, 4.69) is 4.74 Å². The van der Waals surface area contributed by atoms with Crippen LogP contribution in [-0.4, -0.2) is 38.0 Å². The van der Waals surface area contributed by atoms with Crippen LogP contribution in [0.1, 0.15) is 30.1 Å². The summed E-state index contributed by atoms with van der Waals surface area (Å²) < 4.78 is 55.6. The van der Waals surface area contributed by atoms with Crippen molar-refractivity contribution >= 4 is 40.1 Å². The minimum atomic E-state index is -3.06. The van der Waals surface area contributed by atoms with Crippen molar-refractivity contribution in [3.63, 3.8) is 0 Å². The Hall–Kier alpha value is -3.96. The predicted molar refractivity (Wildman–Crippen MR) is 154 cm³/mol. The summed E-state index contributed by atoms with van der Waals surface area (Å²) >= 11 is 12.7. The van der Waals surface area contributed by atoms with Gasteiger partial charge in [-0.3, -0.25) is 4.79 Å². The van der Waals surface area contributed by atoms with Crippen molar-refractivity contribution in [1.29, 1.82) is 0 Å². The molecule has 5 rings (SSSR count). The molecule has 0 N–H and O–H groups in total. The van der Waals surface area contributed by atoms with Crippen LogP contribution < -0.4 is 23.7 Å². The first-order valence-electron chi connectivity index (χ1n) is 13.3. The molecule has 1 fully saturated rings. The number of aromatic nitrogens is 2. The lowest BCUT2D eigenvalue weighted by molar-refractivity contribution is -0.605. The number of ether oxygens (including phenoxy) is 5. The first-order chi connectivity index (χ1) is 20.6. The van der Waals surface area contributed by atoms with Crippen LogP contribution in [0.5, 0.6) is 23.0 Å². The quantitative estimate of drug-likeness (QED) is 0.0937. The van der Waals surface area contributed by atoms with Crippen LogP contribution in [0.3, 0.4) is 0 Å². The van der Waals surface area contributed by atoms with E-state index in [0.29, 0.717) is 45.4 Å². The van der Waals surface area contributed by atoms with Crippen molar-refractivity contribution in [3.05, 3.63) is 81.4 Å². The van der Waals surface area contributed by atoms with Crippen LogP contribution >= 0.6 is 23.2 Å². The molecule has 0 bridgehead atoms. The highest BCUT2D eigenvalue weighted by Crippen LogP contribution is 2.38. The van der Waals surface area contributed by atoms with Crippen molar-refractivity contribution in [1.82, 2.24) is 4.57 Å². The zero-order valence-corrected chi connectivity index (χ0v) is 24.7. The van der Waals surface area contributed by atoms with Gasteiger partial charge in [0.1, 0.15) is 22.7 Å². The molecule has 0 saturated heterocycles. The highest BCUT2D eigenvalue weighted by molar-refractivity contribution is 6.35. The first-order valence-corrected chi connectivity index (χ1v) is 14.1. The minimum Gasteiger partial charge on any atom is -0.619 e. The number of carbonyl (C=O) groups excluding carboxylic acids is 1. The zero-order chi connectivity index (χ0) is 30.7. The molecular formula is C30H28Cl2F2N2O7. The highest BCUT2D eigenvalue weighted by atomic mass is 35.5. The number of pyridine rings is 1.